The first kappa shape index (κ1) is 14.6. The maximum atomic E-state index is 5.73. The number of benzene rings is 1. The zero-order valence-electron chi connectivity index (χ0n) is 13.4. The van der Waals surface area contributed by atoms with Crippen LogP contribution in [0.1, 0.15) is 36.1 Å². The average Bonchev–Trinajstić information content (AvgIpc) is 3.11. The van der Waals surface area contributed by atoms with Crippen molar-refractivity contribution in [1.82, 2.24) is 10.2 Å². The number of hydrogen-bond donors (Lipinski definition) is 1. The fourth-order valence-corrected chi connectivity index (χ4v) is 3.82. The minimum absolute atomic E-state index is 0.481. The number of nitrogens with one attached hydrogen (secondary N) is 1. The van der Waals surface area contributed by atoms with E-state index in [1.54, 1.807) is 6.08 Å². The van der Waals surface area contributed by atoms with Crippen molar-refractivity contribution in [3.63, 3.8) is 0 Å². The molecular weight excluding hydrogens is 260 g/mol. The molecule has 1 aromatic rings. The lowest BCUT2D eigenvalue weighted by molar-refractivity contribution is 0.170. The van der Waals surface area contributed by atoms with Gasteiger partial charge in [0.1, 0.15) is 12.4 Å². The number of likely N-dealkylation sites (tertiary alicyclic amines) is 1. The Morgan fingerprint density at radius 2 is 2.24 bits per heavy atom. The Hall–Kier alpha value is -1.32. The molecular formula is C18H26N2O. The first-order chi connectivity index (χ1) is 10.1. The quantitative estimate of drug-likeness (QED) is 0.842. The summed E-state index contributed by atoms with van der Waals surface area (Å²) in [6.45, 7) is 13.3. The van der Waals surface area contributed by atoms with Crippen molar-refractivity contribution < 1.29 is 4.74 Å². The van der Waals surface area contributed by atoms with Crippen LogP contribution < -0.4 is 10.1 Å². The third-order valence-electron chi connectivity index (χ3n) is 5.18. The highest BCUT2D eigenvalue weighted by Crippen LogP contribution is 2.36. The Bertz CT molecular complexity index is 540. The molecule has 3 nitrogen and oxygen atoms in total. The summed E-state index contributed by atoms with van der Waals surface area (Å²) in [6, 6.07) is 6.25. The molecule has 2 bridgehead atoms. The summed E-state index contributed by atoms with van der Waals surface area (Å²) in [5.41, 5.74) is 4.05. The Balaban J connectivity index is 1.82. The summed E-state index contributed by atoms with van der Waals surface area (Å²) in [5.74, 6) is 0.980. The van der Waals surface area contributed by atoms with E-state index in [0.717, 1.165) is 12.3 Å². The molecule has 0 amide bonds. The van der Waals surface area contributed by atoms with Crippen LogP contribution >= 0.6 is 0 Å². The molecule has 2 saturated heterocycles. The van der Waals surface area contributed by atoms with Crippen molar-refractivity contribution >= 4 is 0 Å². The number of hydrogen-bond acceptors (Lipinski definition) is 3. The summed E-state index contributed by atoms with van der Waals surface area (Å²) in [5, 5.41) is 3.58. The lowest BCUT2D eigenvalue weighted by Crippen LogP contribution is -2.44. The molecule has 0 unspecified atom stereocenters. The Morgan fingerprint density at radius 1 is 1.43 bits per heavy atom. The molecule has 3 heteroatoms. The summed E-state index contributed by atoms with van der Waals surface area (Å²) in [6.07, 6.45) is 3.10. The fourth-order valence-electron chi connectivity index (χ4n) is 3.82. The van der Waals surface area contributed by atoms with E-state index in [4.69, 9.17) is 4.74 Å². The lowest BCUT2D eigenvalue weighted by Gasteiger charge is -2.34. The zero-order chi connectivity index (χ0) is 15.0. The van der Waals surface area contributed by atoms with Crippen molar-refractivity contribution in [1.29, 1.82) is 0 Å². The topological polar surface area (TPSA) is 24.5 Å². The molecule has 0 aliphatic carbocycles. The number of nitrogens with zero attached hydrogens (tertiary/aromatic N) is 1. The van der Waals surface area contributed by atoms with Gasteiger partial charge in [-0.2, -0.15) is 0 Å². The molecule has 0 aromatic heterocycles. The molecule has 3 rings (SSSR count). The molecule has 2 aliphatic rings. The maximum Gasteiger partial charge on any atom is 0.122 e. The first-order valence-electron chi connectivity index (χ1n) is 7.94. The minimum Gasteiger partial charge on any atom is -0.489 e. The van der Waals surface area contributed by atoms with Gasteiger partial charge in [0, 0.05) is 31.2 Å². The molecule has 3 atom stereocenters. The largest absolute Gasteiger partial charge is 0.489 e. The molecule has 0 radical (unpaired) electrons. The van der Waals surface area contributed by atoms with Gasteiger partial charge in [-0.25, -0.2) is 0 Å². The Labute approximate surface area is 128 Å². The van der Waals surface area contributed by atoms with Crippen LogP contribution in [0, 0.1) is 13.8 Å². The Kier molecular flexibility index (Phi) is 4.05. The van der Waals surface area contributed by atoms with E-state index >= 15 is 0 Å². The van der Waals surface area contributed by atoms with Crippen LogP contribution in [-0.4, -0.2) is 36.7 Å². The molecule has 1 aromatic carbocycles. The van der Waals surface area contributed by atoms with Crippen molar-refractivity contribution in [2.75, 3.05) is 19.7 Å². The number of piperazine rings is 1. The van der Waals surface area contributed by atoms with Gasteiger partial charge in [-0.3, -0.25) is 4.90 Å². The van der Waals surface area contributed by atoms with Crippen molar-refractivity contribution in [3.05, 3.63) is 41.5 Å². The molecule has 114 valence electrons. The van der Waals surface area contributed by atoms with E-state index in [1.807, 2.05) is 0 Å². The van der Waals surface area contributed by atoms with Gasteiger partial charge in [-0.05, 0) is 49.9 Å². The second kappa shape index (κ2) is 5.82. The molecule has 2 fully saturated rings. The predicted molar refractivity (Wildman–Crippen MR) is 86.9 cm³/mol. The van der Waals surface area contributed by atoms with Gasteiger partial charge in [0.2, 0.25) is 0 Å². The van der Waals surface area contributed by atoms with Gasteiger partial charge in [-0.1, -0.05) is 18.7 Å². The van der Waals surface area contributed by atoms with Crippen LogP contribution in [0.4, 0.5) is 0 Å². The van der Waals surface area contributed by atoms with Crippen molar-refractivity contribution in [2.24, 2.45) is 0 Å². The van der Waals surface area contributed by atoms with E-state index in [-0.39, 0.29) is 0 Å². The monoisotopic (exact) mass is 286 g/mol. The number of fused-ring (bicyclic) bond motifs is 2. The van der Waals surface area contributed by atoms with Gasteiger partial charge in [0.25, 0.3) is 0 Å². The highest BCUT2D eigenvalue weighted by Gasteiger charge is 2.40. The Morgan fingerprint density at radius 3 is 2.86 bits per heavy atom. The highest BCUT2D eigenvalue weighted by atomic mass is 16.5. The van der Waals surface area contributed by atoms with E-state index in [0.29, 0.717) is 24.7 Å². The van der Waals surface area contributed by atoms with Gasteiger partial charge in [0.15, 0.2) is 0 Å². The van der Waals surface area contributed by atoms with Crippen LogP contribution in [0.25, 0.3) is 0 Å². The predicted octanol–water partition coefficient (Wildman–Crippen LogP) is 2.98. The van der Waals surface area contributed by atoms with Crippen molar-refractivity contribution in [2.45, 2.75) is 45.3 Å². The highest BCUT2D eigenvalue weighted by molar-refractivity contribution is 5.45. The van der Waals surface area contributed by atoms with E-state index < -0.39 is 0 Å². The van der Waals surface area contributed by atoms with Crippen LogP contribution in [0.15, 0.2) is 24.8 Å². The SMILES string of the molecule is C=CCOc1ccc([C@H](C)N2C[C@@H]3C[C@H]2CN3)c(C)c1C. The van der Waals surface area contributed by atoms with Crippen LogP contribution in [-0.2, 0) is 0 Å². The van der Waals surface area contributed by atoms with E-state index in [1.165, 1.54) is 29.7 Å². The summed E-state index contributed by atoms with van der Waals surface area (Å²) >= 11 is 0. The second-order valence-electron chi connectivity index (χ2n) is 6.37. The fraction of sp³-hybridized carbons (Fsp3) is 0.556. The van der Waals surface area contributed by atoms with Gasteiger partial charge in [-0.15, -0.1) is 0 Å². The molecule has 2 heterocycles. The van der Waals surface area contributed by atoms with Gasteiger partial charge >= 0.3 is 0 Å². The first-order valence-corrected chi connectivity index (χ1v) is 7.94. The minimum atomic E-state index is 0.481. The number of rotatable bonds is 5. The number of ether oxygens (including phenoxy) is 1. The normalized spacial score (nSPS) is 26.0. The van der Waals surface area contributed by atoms with Gasteiger partial charge < -0.3 is 10.1 Å². The molecule has 1 N–H and O–H groups in total. The molecule has 0 spiro atoms. The zero-order valence-corrected chi connectivity index (χ0v) is 13.4. The summed E-state index contributed by atoms with van der Waals surface area (Å²) < 4.78 is 5.73. The smallest absolute Gasteiger partial charge is 0.122 e. The van der Waals surface area contributed by atoms with Crippen LogP contribution in [0.3, 0.4) is 0 Å². The van der Waals surface area contributed by atoms with E-state index in [2.05, 4.69) is 49.7 Å². The van der Waals surface area contributed by atoms with E-state index in [9.17, 15) is 0 Å². The second-order valence-corrected chi connectivity index (χ2v) is 6.37. The maximum absolute atomic E-state index is 5.73. The third kappa shape index (κ3) is 2.60. The lowest BCUT2D eigenvalue weighted by atomic mass is 9.96. The van der Waals surface area contributed by atoms with Crippen molar-refractivity contribution in [3.8, 4) is 5.75 Å². The summed E-state index contributed by atoms with van der Waals surface area (Å²) in [4.78, 5) is 2.66. The molecule has 2 aliphatic heterocycles. The molecule has 21 heavy (non-hydrogen) atoms. The third-order valence-corrected chi connectivity index (χ3v) is 5.18. The van der Waals surface area contributed by atoms with Crippen LogP contribution in [0.5, 0.6) is 5.75 Å². The summed E-state index contributed by atoms with van der Waals surface area (Å²) in [7, 11) is 0. The van der Waals surface area contributed by atoms with Crippen LogP contribution in [0.2, 0.25) is 0 Å². The van der Waals surface area contributed by atoms with Gasteiger partial charge in [0.05, 0.1) is 0 Å². The standard InChI is InChI=1S/C18H26N2O/c1-5-8-21-18-7-6-17(12(2)13(18)3)14(4)20-11-15-9-16(20)10-19-15/h5-7,14-16,19H,1,8-11H2,2-4H3/t14-,15-,16-/m0/s1. The molecule has 0 saturated carbocycles. The average molecular weight is 286 g/mol.